The van der Waals surface area contributed by atoms with Gasteiger partial charge in [-0.2, -0.15) is 0 Å². The molecule has 1 fully saturated rings. The number of hydrogen-bond donors (Lipinski definition) is 3. The van der Waals surface area contributed by atoms with Crippen molar-refractivity contribution < 1.29 is 14.6 Å². The quantitative estimate of drug-likeness (QED) is 0.582. The molecule has 1 saturated heterocycles. The first-order valence-corrected chi connectivity index (χ1v) is 6.32. The fourth-order valence-electron chi connectivity index (χ4n) is 1.74. The number of halogens is 1. The van der Waals surface area contributed by atoms with E-state index in [0.29, 0.717) is 38.6 Å². The molecule has 1 aliphatic rings. The molecule has 2 unspecified atom stereocenters. The van der Waals surface area contributed by atoms with E-state index in [2.05, 4.69) is 24.5 Å². The average Bonchev–Trinajstić information content (AvgIpc) is 2.67. The molecule has 0 aromatic rings. The van der Waals surface area contributed by atoms with Crippen LogP contribution in [-0.2, 0) is 9.53 Å². The van der Waals surface area contributed by atoms with Gasteiger partial charge in [-0.15, -0.1) is 12.4 Å². The first-order valence-electron chi connectivity index (χ1n) is 6.32. The first-order chi connectivity index (χ1) is 8.09. The molecule has 1 heterocycles. The summed E-state index contributed by atoms with van der Waals surface area (Å²) in [6.07, 6.45) is 0.0515. The van der Waals surface area contributed by atoms with E-state index < -0.39 is 0 Å². The van der Waals surface area contributed by atoms with Crippen molar-refractivity contribution in [3.8, 4) is 0 Å². The normalized spacial score (nSPS) is 22.9. The van der Waals surface area contributed by atoms with Crippen LogP contribution in [0, 0.1) is 11.8 Å². The lowest BCUT2D eigenvalue weighted by Gasteiger charge is -2.14. The number of ether oxygens (including phenoxy) is 1. The topological polar surface area (TPSA) is 70.6 Å². The Morgan fingerprint density at radius 3 is 2.78 bits per heavy atom. The molecule has 0 bridgehead atoms. The van der Waals surface area contributed by atoms with Crippen LogP contribution in [0.2, 0.25) is 0 Å². The average molecular weight is 281 g/mol. The zero-order chi connectivity index (χ0) is 12.7. The van der Waals surface area contributed by atoms with Crippen LogP contribution in [0.4, 0.5) is 0 Å². The summed E-state index contributed by atoms with van der Waals surface area (Å²) >= 11 is 0. The van der Waals surface area contributed by atoms with E-state index in [1.807, 2.05) is 0 Å². The van der Waals surface area contributed by atoms with Gasteiger partial charge in [0.2, 0.25) is 5.91 Å². The summed E-state index contributed by atoms with van der Waals surface area (Å²) in [5, 5.41) is 15.4. The zero-order valence-electron chi connectivity index (χ0n) is 11.1. The number of rotatable bonds is 7. The molecule has 1 rings (SSSR count). The van der Waals surface area contributed by atoms with Crippen LogP contribution in [0.3, 0.4) is 0 Å². The highest BCUT2D eigenvalue weighted by Crippen LogP contribution is 2.06. The van der Waals surface area contributed by atoms with Gasteiger partial charge in [0.05, 0.1) is 12.7 Å². The van der Waals surface area contributed by atoms with Crippen LogP contribution < -0.4 is 10.6 Å². The molecule has 1 amide bonds. The standard InChI is InChI=1S/C12H24N2O3.ClH/c1-9(2)8-17-4-3-12(16)14-6-10-5-13-7-11(10)15;/h9-11,13,15H,3-8H2,1-2H3,(H,14,16);1H. The van der Waals surface area contributed by atoms with Crippen molar-refractivity contribution in [2.45, 2.75) is 26.4 Å². The van der Waals surface area contributed by atoms with Crippen molar-refractivity contribution in [1.29, 1.82) is 0 Å². The maximum Gasteiger partial charge on any atom is 0.222 e. The van der Waals surface area contributed by atoms with Gasteiger partial charge >= 0.3 is 0 Å². The van der Waals surface area contributed by atoms with Gasteiger partial charge < -0.3 is 20.5 Å². The Hall–Kier alpha value is -0.360. The summed E-state index contributed by atoms with van der Waals surface area (Å²) in [4.78, 5) is 11.5. The van der Waals surface area contributed by atoms with Crippen LogP contribution in [0.25, 0.3) is 0 Å². The van der Waals surface area contributed by atoms with Gasteiger partial charge in [-0.1, -0.05) is 13.8 Å². The Balaban J connectivity index is 0.00000289. The first kappa shape index (κ1) is 17.6. The molecule has 0 spiro atoms. The smallest absolute Gasteiger partial charge is 0.222 e. The van der Waals surface area contributed by atoms with E-state index in [1.54, 1.807) is 0 Å². The molecule has 5 nitrogen and oxygen atoms in total. The molecule has 0 saturated carbocycles. The molecule has 18 heavy (non-hydrogen) atoms. The second kappa shape index (κ2) is 9.55. The molecule has 0 aromatic carbocycles. The molecule has 1 aliphatic heterocycles. The Morgan fingerprint density at radius 2 is 2.22 bits per heavy atom. The van der Waals surface area contributed by atoms with E-state index >= 15 is 0 Å². The minimum absolute atomic E-state index is 0. The predicted molar refractivity (Wildman–Crippen MR) is 72.9 cm³/mol. The van der Waals surface area contributed by atoms with Crippen molar-refractivity contribution in [2.75, 3.05) is 32.8 Å². The van der Waals surface area contributed by atoms with Crippen molar-refractivity contribution in [3.05, 3.63) is 0 Å². The van der Waals surface area contributed by atoms with E-state index in [0.717, 1.165) is 6.54 Å². The highest BCUT2D eigenvalue weighted by Gasteiger charge is 2.24. The number of carbonyl (C=O) groups is 1. The number of β-amino-alcohol motifs (C(OH)–C–C–N with tert-alkyl or cyclic N) is 1. The van der Waals surface area contributed by atoms with Crippen LogP contribution >= 0.6 is 12.4 Å². The lowest BCUT2D eigenvalue weighted by Crippen LogP contribution is -2.34. The number of carbonyl (C=O) groups excluding carboxylic acids is 1. The summed E-state index contributed by atoms with van der Waals surface area (Å²) < 4.78 is 5.34. The Bertz CT molecular complexity index is 239. The predicted octanol–water partition coefficient (Wildman–Crippen LogP) is 0.167. The summed E-state index contributed by atoms with van der Waals surface area (Å²) in [5.74, 6) is 0.626. The van der Waals surface area contributed by atoms with E-state index in [1.165, 1.54) is 0 Å². The van der Waals surface area contributed by atoms with Crippen molar-refractivity contribution >= 4 is 18.3 Å². The SMILES string of the molecule is CC(C)COCCC(=O)NCC1CNCC1O.Cl. The third kappa shape index (κ3) is 7.16. The van der Waals surface area contributed by atoms with Crippen LogP contribution in [0.5, 0.6) is 0 Å². The minimum atomic E-state index is -0.340. The lowest BCUT2D eigenvalue weighted by atomic mass is 10.1. The molecule has 0 radical (unpaired) electrons. The molecular formula is C12H25ClN2O3. The van der Waals surface area contributed by atoms with Gasteiger partial charge in [-0.25, -0.2) is 0 Å². The zero-order valence-corrected chi connectivity index (χ0v) is 12.0. The van der Waals surface area contributed by atoms with Gasteiger partial charge in [0.25, 0.3) is 0 Å². The highest BCUT2D eigenvalue weighted by molar-refractivity contribution is 5.85. The molecule has 0 aliphatic carbocycles. The van der Waals surface area contributed by atoms with Crippen LogP contribution in [0.1, 0.15) is 20.3 Å². The maximum absolute atomic E-state index is 11.5. The maximum atomic E-state index is 11.5. The van der Waals surface area contributed by atoms with Gasteiger partial charge in [0.1, 0.15) is 0 Å². The van der Waals surface area contributed by atoms with Gasteiger partial charge in [-0.3, -0.25) is 4.79 Å². The summed E-state index contributed by atoms with van der Waals surface area (Å²) in [6, 6.07) is 0. The van der Waals surface area contributed by atoms with Crippen molar-refractivity contribution in [3.63, 3.8) is 0 Å². The third-order valence-corrected chi connectivity index (χ3v) is 2.79. The largest absolute Gasteiger partial charge is 0.391 e. The molecule has 108 valence electrons. The second-order valence-corrected chi connectivity index (χ2v) is 5.01. The van der Waals surface area contributed by atoms with Gasteiger partial charge in [0, 0.05) is 38.6 Å². The summed E-state index contributed by atoms with van der Waals surface area (Å²) in [7, 11) is 0. The fraction of sp³-hybridized carbons (Fsp3) is 0.917. The van der Waals surface area contributed by atoms with Crippen LogP contribution in [0.15, 0.2) is 0 Å². The molecule has 6 heteroatoms. The molecule has 0 aromatic heterocycles. The van der Waals surface area contributed by atoms with Crippen molar-refractivity contribution in [1.82, 2.24) is 10.6 Å². The number of nitrogens with one attached hydrogen (secondary N) is 2. The summed E-state index contributed by atoms with van der Waals surface area (Å²) in [5.41, 5.74) is 0. The highest BCUT2D eigenvalue weighted by atomic mass is 35.5. The van der Waals surface area contributed by atoms with E-state index in [4.69, 9.17) is 4.74 Å². The minimum Gasteiger partial charge on any atom is -0.391 e. The lowest BCUT2D eigenvalue weighted by molar-refractivity contribution is -0.122. The Morgan fingerprint density at radius 1 is 1.50 bits per heavy atom. The molecular weight excluding hydrogens is 256 g/mol. The third-order valence-electron chi connectivity index (χ3n) is 2.79. The van der Waals surface area contributed by atoms with E-state index in [9.17, 15) is 9.90 Å². The van der Waals surface area contributed by atoms with Crippen molar-refractivity contribution in [2.24, 2.45) is 11.8 Å². The number of amides is 1. The second-order valence-electron chi connectivity index (χ2n) is 5.01. The monoisotopic (exact) mass is 280 g/mol. The molecule has 3 N–H and O–H groups in total. The summed E-state index contributed by atoms with van der Waals surface area (Å²) in [6.45, 7) is 7.25. The molecule has 2 atom stereocenters. The van der Waals surface area contributed by atoms with Gasteiger partial charge in [0.15, 0.2) is 0 Å². The Kier molecular flexibility index (Phi) is 9.36. The van der Waals surface area contributed by atoms with Crippen LogP contribution in [-0.4, -0.2) is 50.0 Å². The Labute approximate surface area is 115 Å². The van der Waals surface area contributed by atoms with E-state index in [-0.39, 0.29) is 30.3 Å². The van der Waals surface area contributed by atoms with Gasteiger partial charge in [-0.05, 0) is 5.92 Å². The number of aliphatic hydroxyl groups is 1. The number of aliphatic hydroxyl groups excluding tert-OH is 1. The fourth-order valence-corrected chi connectivity index (χ4v) is 1.74. The number of hydrogen-bond acceptors (Lipinski definition) is 4.